The molecular weight excluding hydrogens is 304 g/mol. The van der Waals surface area contributed by atoms with Crippen LogP contribution in [-0.2, 0) is 0 Å². The number of aromatic amines is 1. The van der Waals surface area contributed by atoms with E-state index < -0.39 is 0 Å². The summed E-state index contributed by atoms with van der Waals surface area (Å²) < 4.78 is 6.56. The Morgan fingerprint density at radius 2 is 2.21 bits per heavy atom. The monoisotopic (exact) mass is 322 g/mol. The van der Waals surface area contributed by atoms with Gasteiger partial charge in [-0.05, 0) is 59.9 Å². The SMILES string of the molecule is COc1cc(C)c2[nH]c(C3CCCNC3)c(Br)c2c1. The molecule has 1 saturated heterocycles. The Labute approximate surface area is 121 Å². The Morgan fingerprint density at radius 3 is 2.89 bits per heavy atom. The number of aryl methyl sites for hydroxylation is 1. The van der Waals surface area contributed by atoms with Crippen molar-refractivity contribution in [3.8, 4) is 5.75 Å². The molecule has 0 saturated carbocycles. The number of halogens is 1. The summed E-state index contributed by atoms with van der Waals surface area (Å²) in [5.74, 6) is 1.49. The number of piperidine rings is 1. The van der Waals surface area contributed by atoms with Gasteiger partial charge in [0.2, 0.25) is 0 Å². The summed E-state index contributed by atoms with van der Waals surface area (Å²) in [4.78, 5) is 3.61. The van der Waals surface area contributed by atoms with Crippen molar-refractivity contribution in [1.29, 1.82) is 0 Å². The quantitative estimate of drug-likeness (QED) is 0.884. The highest BCUT2D eigenvalue weighted by Crippen LogP contribution is 2.37. The van der Waals surface area contributed by atoms with Gasteiger partial charge in [0.15, 0.2) is 0 Å². The van der Waals surface area contributed by atoms with E-state index in [1.165, 1.54) is 39.5 Å². The molecule has 4 heteroatoms. The molecule has 1 aliphatic rings. The first kappa shape index (κ1) is 13.0. The molecule has 19 heavy (non-hydrogen) atoms. The second kappa shape index (κ2) is 5.17. The Bertz CT molecular complexity index is 600. The maximum absolute atomic E-state index is 5.37. The van der Waals surface area contributed by atoms with Crippen LogP contribution >= 0.6 is 15.9 Å². The summed E-state index contributed by atoms with van der Waals surface area (Å²) in [5.41, 5.74) is 3.76. The van der Waals surface area contributed by atoms with Crippen LogP contribution in [0.2, 0.25) is 0 Å². The largest absolute Gasteiger partial charge is 0.497 e. The summed E-state index contributed by atoms with van der Waals surface area (Å²) in [7, 11) is 1.72. The van der Waals surface area contributed by atoms with Crippen molar-refractivity contribution in [2.75, 3.05) is 20.2 Å². The summed E-state index contributed by atoms with van der Waals surface area (Å²) in [5, 5.41) is 4.70. The number of rotatable bonds is 2. The van der Waals surface area contributed by atoms with Crippen molar-refractivity contribution in [2.45, 2.75) is 25.7 Å². The van der Waals surface area contributed by atoms with Gasteiger partial charge >= 0.3 is 0 Å². The second-order valence-electron chi connectivity index (χ2n) is 5.26. The van der Waals surface area contributed by atoms with Gasteiger partial charge < -0.3 is 15.0 Å². The molecule has 1 aliphatic heterocycles. The molecule has 102 valence electrons. The van der Waals surface area contributed by atoms with Crippen LogP contribution in [0.4, 0.5) is 0 Å². The van der Waals surface area contributed by atoms with Crippen LogP contribution < -0.4 is 10.1 Å². The third kappa shape index (κ3) is 2.28. The lowest BCUT2D eigenvalue weighted by Crippen LogP contribution is -2.28. The molecule has 3 rings (SSSR count). The molecule has 3 nitrogen and oxygen atoms in total. The molecule has 0 aliphatic carbocycles. The molecule has 0 bridgehead atoms. The van der Waals surface area contributed by atoms with E-state index in [2.05, 4.69) is 45.3 Å². The lowest BCUT2D eigenvalue weighted by molar-refractivity contribution is 0.415. The van der Waals surface area contributed by atoms with Crippen LogP contribution in [0.15, 0.2) is 16.6 Å². The predicted molar refractivity (Wildman–Crippen MR) is 82.1 cm³/mol. The third-order valence-electron chi connectivity index (χ3n) is 3.98. The molecule has 0 spiro atoms. The number of ether oxygens (including phenoxy) is 1. The smallest absolute Gasteiger partial charge is 0.119 e. The van der Waals surface area contributed by atoms with Gasteiger partial charge in [0.1, 0.15) is 5.75 Å². The first-order valence-electron chi connectivity index (χ1n) is 6.77. The zero-order chi connectivity index (χ0) is 13.4. The first-order chi connectivity index (χ1) is 9.20. The summed E-state index contributed by atoms with van der Waals surface area (Å²) in [6.45, 7) is 4.32. The maximum atomic E-state index is 5.37. The van der Waals surface area contributed by atoms with E-state index >= 15 is 0 Å². The number of hydrogen-bond donors (Lipinski definition) is 2. The number of fused-ring (bicyclic) bond motifs is 1. The van der Waals surface area contributed by atoms with Crippen LogP contribution in [0.3, 0.4) is 0 Å². The van der Waals surface area contributed by atoms with E-state index in [9.17, 15) is 0 Å². The van der Waals surface area contributed by atoms with Gasteiger partial charge in [-0.25, -0.2) is 0 Å². The molecule has 2 heterocycles. The molecular formula is C15H19BrN2O. The van der Waals surface area contributed by atoms with E-state index in [0.717, 1.165) is 18.8 Å². The van der Waals surface area contributed by atoms with Gasteiger partial charge in [-0.15, -0.1) is 0 Å². The van der Waals surface area contributed by atoms with E-state index in [-0.39, 0.29) is 0 Å². The zero-order valence-electron chi connectivity index (χ0n) is 11.3. The summed E-state index contributed by atoms with van der Waals surface area (Å²) >= 11 is 3.77. The summed E-state index contributed by atoms with van der Waals surface area (Å²) in [6, 6.07) is 4.18. The molecule has 1 fully saturated rings. The van der Waals surface area contributed by atoms with Gasteiger partial charge in [0, 0.05) is 33.5 Å². The highest BCUT2D eigenvalue weighted by atomic mass is 79.9. The van der Waals surface area contributed by atoms with Crippen LogP contribution in [0, 0.1) is 6.92 Å². The van der Waals surface area contributed by atoms with Gasteiger partial charge in [-0.3, -0.25) is 0 Å². The number of nitrogens with one attached hydrogen (secondary N) is 2. The van der Waals surface area contributed by atoms with Crippen LogP contribution in [0.1, 0.15) is 30.0 Å². The lowest BCUT2D eigenvalue weighted by Gasteiger charge is -2.22. The fraction of sp³-hybridized carbons (Fsp3) is 0.467. The average Bonchev–Trinajstić information content (AvgIpc) is 2.78. The van der Waals surface area contributed by atoms with Gasteiger partial charge in [0.25, 0.3) is 0 Å². The molecule has 2 N–H and O–H groups in total. The highest BCUT2D eigenvalue weighted by molar-refractivity contribution is 9.10. The van der Waals surface area contributed by atoms with E-state index in [0.29, 0.717) is 5.92 Å². The van der Waals surface area contributed by atoms with Crippen molar-refractivity contribution in [1.82, 2.24) is 10.3 Å². The minimum Gasteiger partial charge on any atom is -0.497 e. The summed E-state index contributed by atoms with van der Waals surface area (Å²) in [6.07, 6.45) is 2.49. The first-order valence-corrected chi connectivity index (χ1v) is 7.56. The van der Waals surface area contributed by atoms with Gasteiger partial charge in [0.05, 0.1) is 7.11 Å². The van der Waals surface area contributed by atoms with Crippen LogP contribution in [0.25, 0.3) is 10.9 Å². The van der Waals surface area contributed by atoms with Gasteiger partial charge in [-0.1, -0.05) is 0 Å². The number of methoxy groups -OCH3 is 1. The molecule has 0 amide bonds. The Hall–Kier alpha value is -1.00. The van der Waals surface area contributed by atoms with Crippen molar-refractivity contribution < 1.29 is 4.74 Å². The van der Waals surface area contributed by atoms with Crippen molar-refractivity contribution >= 4 is 26.8 Å². The molecule has 0 radical (unpaired) electrons. The minimum atomic E-state index is 0.570. The maximum Gasteiger partial charge on any atom is 0.119 e. The Kier molecular flexibility index (Phi) is 3.54. The molecule has 2 aromatic rings. The number of H-pyrrole nitrogens is 1. The van der Waals surface area contributed by atoms with Crippen molar-refractivity contribution in [3.05, 3.63) is 27.9 Å². The molecule has 1 unspecified atom stereocenters. The predicted octanol–water partition coefficient (Wildman–Crippen LogP) is 3.71. The van der Waals surface area contributed by atoms with Crippen LogP contribution in [-0.4, -0.2) is 25.2 Å². The van der Waals surface area contributed by atoms with Crippen molar-refractivity contribution in [3.63, 3.8) is 0 Å². The standard InChI is InChI=1S/C15H19BrN2O/c1-9-6-11(19-2)7-12-13(16)15(18-14(9)12)10-4-3-5-17-8-10/h6-7,10,17-18H,3-5,8H2,1-2H3. The van der Waals surface area contributed by atoms with Crippen LogP contribution in [0.5, 0.6) is 5.75 Å². The van der Waals surface area contributed by atoms with E-state index in [4.69, 9.17) is 4.74 Å². The fourth-order valence-corrected chi connectivity index (χ4v) is 3.66. The molecule has 1 aromatic carbocycles. The molecule has 1 atom stereocenters. The van der Waals surface area contributed by atoms with E-state index in [1.807, 2.05) is 0 Å². The normalized spacial score (nSPS) is 19.8. The topological polar surface area (TPSA) is 37.0 Å². The Morgan fingerprint density at radius 1 is 1.37 bits per heavy atom. The Balaban J connectivity index is 2.11. The fourth-order valence-electron chi connectivity index (χ4n) is 2.93. The highest BCUT2D eigenvalue weighted by Gasteiger charge is 2.21. The number of aromatic nitrogens is 1. The third-order valence-corrected chi connectivity index (χ3v) is 4.84. The average molecular weight is 323 g/mol. The molecule has 1 aromatic heterocycles. The minimum absolute atomic E-state index is 0.570. The second-order valence-corrected chi connectivity index (χ2v) is 6.06. The lowest BCUT2D eigenvalue weighted by atomic mass is 9.96. The van der Waals surface area contributed by atoms with Crippen molar-refractivity contribution in [2.24, 2.45) is 0 Å². The number of benzene rings is 1. The number of hydrogen-bond acceptors (Lipinski definition) is 2. The van der Waals surface area contributed by atoms with Gasteiger partial charge in [-0.2, -0.15) is 0 Å². The zero-order valence-corrected chi connectivity index (χ0v) is 12.9. The van der Waals surface area contributed by atoms with E-state index in [1.54, 1.807) is 7.11 Å².